The van der Waals surface area contributed by atoms with Crippen LogP contribution in [0, 0.1) is 11.3 Å². The minimum absolute atomic E-state index is 0.0574. The molecule has 3 aliphatic carbocycles. The molecule has 134 valence electrons. The maximum atomic E-state index is 13.2. The van der Waals surface area contributed by atoms with Crippen LogP contribution in [0.2, 0.25) is 0 Å². The van der Waals surface area contributed by atoms with Crippen molar-refractivity contribution in [2.24, 2.45) is 11.3 Å². The molecule has 1 fully saturated rings. The van der Waals surface area contributed by atoms with Gasteiger partial charge in [0.2, 0.25) is 11.6 Å². The number of Topliss-reactive ketones (excluding diaryl/α,β-unsaturated/α-hetero) is 1. The molecule has 8 nitrogen and oxygen atoms in total. The second-order valence-corrected chi connectivity index (χ2v) is 6.02. The Morgan fingerprint density at radius 3 is 2.04 bits per heavy atom. The minimum atomic E-state index is -1.77. The number of carbonyl (C=O) groups is 3. The summed E-state index contributed by atoms with van der Waals surface area (Å²) in [5.74, 6) is -4.45. The third kappa shape index (κ3) is 1.93. The van der Waals surface area contributed by atoms with Crippen LogP contribution in [0.25, 0.3) is 0 Å². The lowest BCUT2D eigenvalue weighted by molar-refractivity contribution is -0.270. The molecule has 1 saturated carbocycles. The maximum absolute atomic E-state index is 13.2. The van der Waals surface area contributed by atoms with Crippen LogP contribution in [-0.4, -0.2) is 64.7 Å². The van der Waals surface area contributed by atoms with E-state index in [2.05, 4.69) is 0 Å². The summed E-state index contributed by atoms with van der Waals surface area (Å²) in [6.07, 6.45) is 1.39. The van der Waals surface area contributed by atoms with Gasteiger partial charge in [-0.25, -0.2) is 4.79 Å². The van der Waals surface area contributed by atoms with Crippen molar-refractivity contribution in [2.45, 2.75) is 24.7 Å². The summed E-state index contributed by atoms with van der Waals surface area (Å²) in [6.45, 7) is 1.56. The van der Waals surface area contributed by atoms with E-state index in [4.69, 9.17) is 23.7 Å². The van der Waals surface area contributed by atoms with Gasteiger partial charge < -0.3 is 23.7 Å². The molecule has 0 N–H and O–H groups in total. The third-order valence-electron chi connectivity index (χ3n) is 5.26. The Hall–Kier alpha value is -1.77. The summed E-state index contributed by atoms with van der Waals surface area (Å²) in [7, 11) is 6.35. The first kappa shape index (κ1) is 18.6. The average molecular weight is 342 g/mol. The standard InChI is InChI=1S/C16H22O8/c1-14(13(19)21-3)8-10-9(11(17)20-2)7-15(14,22-4)12(18)16(10,23-5)24-6/h7,10H,8H2,1-6H3/t10-,14+,15-/m0/s1. The normalized spacial score (nSPS) is 33.8. The molecule has 0 unspecified atom stereocenters. The highest BCUT2D eigenvalue weighted by Gasteiger charge is 2.75. The van der Waals surface area contributed by atoms with Crippen LogP contribution in [0.5, 0.6) is 0 Å². The van der Waals surface area contributed by atoms with Crippen molar-refractivity contribution in [1.82, 2.24) is 0 Å². The van der Waals surface area contributed by atoms with Crippen molar-refractivity contribution in [2.75, 3.05) is 35.5 Å². The molecule has 3 rings (SSSR count). The van der Waals surface area contributed by atoms with E-state index in [0.29, 0.717) is 0 Å². The number of rotatable bonds is 5. The van der Waals surface area contributed by atoms with Crippen molar-refractivity contribution in [3.05, 3.63) is 11.6 Å². The van der Waals surface area contributed by atoms with Crippen molar-refractivity contribution < 1.29 is 38.1 Å². The van der Waals surface area contributed by atoms with Crippen LogP contribution in [0.3, 0.4) is 0 Å². The Morgan fingerprint density at radius 1 is 1.04 bits per heavy atom. The molecule has 0 aromatic carbocycles. The first-order chi connectivity index (χ1) is 11.2. The van der Waals surface area contributed by atoms with Crippen molar-refractivity contribution in [1.29, 1.82) is 0 Å². The van der Waals surface area contributed by atoms with Gasteiger partial charge in [-0.1, -0.05) is 0 Å². The fourth-order valence-corrected chi connectivity index (χ4v) is 3.93. The average Bonchev–Trinajstić information content (AvgIpc) is 2.61. The molecule has 8 heteroatoms. The van der Waals surface area contributed by atoms with Crippen molar-refractivity contribution >= 4 is 17.7 Å². The van der Waals surface area contributed by atoms with Gasteiger partial charge in [-0.3, -0.25) is 9.59 Å². The van der Waals surface area contributed by atoms with Gasteiger partial charge in [0.15, 0.2) is 5.60 Å². The molecule has 0 amide bonds. The second kappa shape index (κ2) is 5.94. The zero-order chi connectivity index (χ0) is 18.3. The Morgan fingerprint density at radius 2 is 1.62 bits per heavy atom. The molecular weight excluding hydrogens is 320 g/mol. The number of esters is 2. The van der Waals surface area contributed by atoms with E-state index in [-0.39, 0.29) is 12.0 Å². The summed E-state index contributed by atoms with van der Waals surface area (Å²) in [5, 5.41) is 0. The summed E-state index contributed by atoms with van der Waals surface area (Å²) < 4.78 is 25.9. The zero-order valence-corrected chi connectivity index (χ0v) is 14.6. The van der Waals surface area contributed by atoms with Gasteiger partial charge in [0, 0.05) is 26.9 Å². The molecule has 0 aliphatic heterocycles. The molecule has 0 heterocycles. The number of hydrogen-bond acceptors (Lipinski definition) is 8. The topological polar surface area (TPSA) is 97.4 Å². The lowest BCUT2D eigenvalue weighted by Crippen LogP contribution is -2.74. The molecule has 3 atom stereocenters. The van der Waals surface area contributed by atoms with Gasteiger partial charge >= 0.3 is 11.9 Å². The van der Waals surface area contributed by atoms with Crippen LogP contribution >= 0.6 is 0 Å². The van der Waals surface area contributed by atoms with Gasteiger partial charge in [0.05, 0.1) is 20.1 Å². The van der Waals surface area contributed by atoms with Crippen LogP contribution in [-0.2, 0) is 38.1 Å². The lowest BCUT2D eigenvalue weighted by Gasteiger charge is -2.58. The Bertz CT molecular complexity index is 605. The predicted molar refractivity (Wildman–Crippen MR) is 79.8 cm³/mol. The number of ketones is 1. The van der Waals surface area contributed by atoms with Crippen LogP contribution < -0.4 is 0 Å². The van der Waals surface area contributed by atoms with Crippen LogP contribution in [0.1, 0.15) is 13.3 Å². The van der Waals surface area contributed by atoms with Crippen molar-refractivity contribution in [3.8, 4) is 0 Å². The monoisotopic (exact) mass is 342 g/mol. The number of ether oxygens (including phenoxy) is 5. The zero-order valence-electron chi connectivity index (χ0n) is 14.6. The van der Waals surface area contributed by atoms with Gasteiger partial charge in [-0.15, -0.1) is 0 Å². The third-order valence-corrected chi connectivity index (χ3v) is 5.26. The van der Waals surface area contributed by atoms with Gasteiger partial charge in [0.25, 0.3) is 0 Å². The highest BCUT2D eigenvalue weighted by molar-refractivity contribution is 6.08. The van der Waals surface area contributed by atoms with E-state index in [1.165, 1.54) is 41.6 Å². The van der Waals surface area contributed by atoms with Crippen LogP contribution in [0.4, 0.5) is 0 Å². The minimum Gasteiger partial charge on any atom is -0.468 e. The SMILES string of the molecule is COC(=O)C1=C[C@]2(OC)C(=O)C(OC)(OC)[C@H]1C[C@]2(C)C(=O)OC. The predicted octanol–water partition coefficient (Wildman–Crippen LogP) is 0.242. The number of methoxy groups -OCH3 is 5. The summed E-state index contributed by atoms with van der Waals surface area (Å²) >= 11 is 0. The quantitative estimate of drug-likeness (QED) is 0.518. The highest BCUT2D eigenvalue weighted by Crippen LogP contribution is 2.59. The summed E-state index contributed by atoms with van der Waals surface area (Å²) in [6, 6.07) is 0. The van der Waals surface area contributed by atoms with E-state index >= 15 is 0 Å². The van der Waals surface area contributed by atoms with Crippen molar-refractivity contribution in [3.63, 3.8) is 0 Å². The maximum Gasteiger partial charge on any atom is 0.334 e. The van der Waals surface area contributed by atoms with Gasteiger partial charge in [-0.05, 0) is 19.4 Å². The number of hydrogen-bond donors (Lipinski definition) is 0. The van der Waals surface area contributed by atoms with Gasteiger partial charge in [-0.2, -0.15) is 0 Å². The van der Waals surface area contributed by atoms with E-state index in [0.717, 1.165) is 0 Å². The van der Waals surface area contributed by atoms with E-state index in [1.807, 2.05) is 0 Å². The van der Waals surface area contributed by atoms with Gasteiger partial charge in [0.1, 0.15) is 5.41 Å². The molecule has 0 radical (unpaired) electrons. The first-order valence-corrected chi connectivity index (χ1v) is 7.34. The number of fused-ring (bicyclic) bond motifs is 2. The largest absolute Gasteiger partial charge is 0.468 e. The Balaban J connectivity index is 2.80. The molecule has 0 spiro atoms. The molecule has 0 aromatic rings. The first-order valence-electron chi connectivity index (χ1n) is 7.34. The summed E-state index contributed by atoms with van der Waals surface area (Å²) in [4.78, 5) is 37.9. The molecule has 2 bridgehead atoms. The number of carbonyl (C=O) groups excluding carboxylic acids is 3. The smallest absolute Gasteiger partial charge is 0.334 e. The van der Waals surface area contributed by atoms with E-state index in [9.17, 15) is 14.4 Å². The fraction of sp³-hybridized carbons (Fsp3) is 0.688. The second-order valence-electron chi connectivity index (χ2n) is 6.02. The molecule has 3 aliphatic rings. The summed E-state index contributed by atoms with van der Waals surface area (Å²) in [5.41, 5.74) is -2.94. The van der Waals surface area contributed by atoms with E-state index < -0.39 is 40.4 Å². The van der Waals surface area contributed by atoms with E-state index in [1.54, 1.807) is 6.92 Å². The molecule has 0 saturated heterocycles. The lowest BCUT2D eigenvalue weighted by atomic mass is 9.52. The Kier molecular flexibility index (Phi) is 4.60. The molecule has 24 heavy (non-hydrogen) atoms. The molecular formula is C16H22O8. The Labute approximate surface area is 140 Å². The molecule has 0 aromatic heterocycles. The fourth-order valence-electron chi connectivity index (χ4n) is 3.93. The highest BCUT2D eigenvalue weighted by atomic mass is 16.7. The van der Waals surface area contributed by atoms with Crippen LogP contribution in [0.15, 0.2) is 11.6 Å².